The Hall–Kier alpha value is -0.580. The monoisotopic (exact) mass is 348 g/mol. The van der Waals surface area contributed by atoms with Gasteiger partial charge in [0.1, 0.15) is 11.6 Å². The molecule has 0 saturated carbocycles. The van der Waals surface area contributed by atoms with Crippen LogP contribution in [-0.4, -0.2) is 0 Å². The normalized spacial score (nSPS) is 10.7. The molecule has 0 spiro atoms. The van der Waals surface area contributed by atoms with Gasteiger partial charge in [-0.25, -0.2) is 8.78 Å². The second-order valence-electron chi connectivity index (χ2n) is 3.54. The van der Waals surface area contributed by atoms with Gasteiger partial charge >= 0.3 is 0 Å². The Labute approximate surface area is 121 Å². The number of benzene rings is 2. The summed E-state index contributed by atoms with van der Waals surface area (Å²) in [5, 5.41) is 0.582. The van der Waals surface area contributed by atoms with Crippen molar-refractivity contribution in [2.45, 2.75) is 10.6 Å². The van der Waals surface area contributed by atoms with E-state index in [2.05, 4.69) is 15.9 Å². The molecule has 0 unspecified atom stereocenters. The minimum Gasteiger partial charge on any atom is -0.207 e. The van der Waals surface area contributed by atoms with Gasteiger partial charge in [0.15, 0.2) is 0 Å². The van der Waals surface area contributed by atoms with Gasteiger partial charge < -0.3 is 0 Å². The minimum atomic E-state index is -0.561. The Morgan fingerprint density at radius 1 is 1.11 bits per heavy atom. The Balaban J connectivity index is 2.21. The van der Waals surface area contributed by atoms with Gasteiger partial charge in [0.05, 0.1) is 9.50 Å². The SMILES string of the molecule is Fc1ccc(Br)c(F)c1CSc1ccccc1Cl. The molecule has 0 atom stereocenters. The van der Waals surface area contributed by atoms with E-state index >= 15 is 0 Å². The van der Waals surface area contributed by atoms with E-state index in [1.54, 1.807) is 6.07 Å². The standard InChI is InChI=1S/C13H8BrClF2S/c14-9-5-6-11(16)8(13(9)17)7-18-12-4-2-1-3-10(12)15/h1-6H,7H2. The van der Waals surface area contributed by atoms with E-state index < -0.39 is 11.6 Å². The molecule has 0 amide bonds. The summed E-state index contributed by atoms with van der Waals surface area (Å²) >= 11 is 10.3. The molecule has 0 bridgehead atoms. The summed E-state index contributed by atoms with van der Waals surface area (Å²) in [7, 11) is 0. The molecule has 0 fully saturated rings. The Morgan fingerprint density at radius 2 is 1.83 bits per heavy atom. The van der Waals surface area contributed by atoms with Crippen LogP contribution in [0.4, 0.5) is 8.78 Å². The molecule has 18 heavy (non-hydrogen) atoms. The van der Waals surface area contributed by atoms with Gasteiger partial charge in [-0.2, -0.15) is 0 Å². The minimum absolute atomic E-state index is 0.0503. The lowest BCUT2D eigenvalue weighted by Gasteiger charge is -2.07. The zero-order valence-corrected chi connectivity index (χ0v) is 12.2. The largest absolute Gasteiger partial charge is 0.207 e. The van der Waals surface area contributed by atoms with E-state index in [1.165, 1.54) is 23.9 Å². The first-order valence-corrected chi connectivity index (χ1v) is 7.25. The third-order valence-electron chi connectivity index (χ3n) is 2.35. The van der Waals surface area contributed by atoms with E-state index in [0.717, 1.165) is 4.90 Å². The van der Waals surface area contributed by atoms with E-state index in [9.17, 15) is 8.78 Å². The van der Waals surface area contributed by atoms with E-state index in [1.807, 2.05) is 18.2 Å². The highest BCUT2D eigenvalue weighted by molar-refractivity contribution is 9.10. The van der Waals surface area contributed by atoms with Gasteiger partial charge in [-0.1, -0.05) is 23.7 Å². The Bertz CT molecular complexity index is 575. The van der Waals surface area contributed by atoms with Crippen molar-refractivity contribution in [3.8, 4) is 0 Å². The van der Waals surface area contributed by atoms with Gasteiger partial charge in [-0.15, -0.1) is 11.8 Å². The lowest BCUT2D eigenvalue weighted by molar-refractivity contribution is 0.562. The van der Waals surface area contributed by atoms with Gasteiger partial charge in [0.2, 0.25) is 0 Å². The molecule has 0 heterocycles. The van der Waals surface area contributed by atoms with Crippen LogP contribution in [0.5, 0.6) is 0 Å². The van der Waals surface area contributed by atoms with E-state index in [0.29, 0.717) is 5.02 Å². The van der Waals surface area contributed by atoms with Crippen LogP contribution in [0.3, 0.4) is 0 Å². The molecule has 2 aromatic carbocycles. The molecule has 2 rings (SSSR count). The summed E-state index contributed by atoms with van der Waals surface area (Å²) in [6.45, 7) is 0. The van der Waals surface area contributed by atoms with Crippen LogP contribution < -0.4 is 0 Å². The number of hydrogen-bond donors (Lipinski definition) is 0. The molecule has 0 aromatic heterocycles. The molecule has 0 saturated heterocycles. The van der Waals surface area contributed by atoms with Gasteiger partial charge in [0, 0.05) is 16.2 Å². The molecule has 5 heteroatoms. The van der Waals surface area contributed by atoms with Crippen molar-refractivity contribution in [1.29, 1.82) is 0 Å². The van der Waals surface area contributed by atoms with Gasteiger partial charge in [-0.3, -0.25) is 0 Å². The quantitative estimate of drug-likeness (QED) is 0.508. The first-order valence-electron chi connectivity index (χ1n) is 5.09. The smallest absolute Gasteiger partial charge is 0.144 e. The third kappa shape index (κ3) is 3.05. The summed E-state index contributed by atoms with van der Waals surface area (Å²) < 4.78 is 27.5. The molecule has 0 aliphatic heterocycles. The van der Waals surface area contributed by atoms with Crippen LogP contribution in [0.1, 0.15) is 5.56 Å². The maximum atomic E-state index is 13.7. The number of rotatable bonds is 3. The third-order valence-corrected chi connectivity index (χ3v) is 4.50. The average Bonchev–Trinajstić information content (AvgIpc) is 2.36. The Morgan fingerprint density at radius 3 is 2.56 bits per heavy atom. The maximum absolute atomic E-state index is 13.7. The fourth-order valence-corrected chi connectivity index (χ4v) is 3.03. The fourth-order valence-electron chi connectivity index (χ4n) is 1.41. The highest BCUT2D eigenvalue weighted by atomic mass is 79.9. The summed E-state index contributed by atoms with van der Waals surface area (Å²) in [5.74, 6) is -0.911. The summed E-state index contributed by atoms with van der Waals surface area (Å²) in [4.78, 5) is 0.804. The molecular weight excluding hydrogens is 342 g/mol. The average molecular weight is 350 g/mol. The zero-order valence-electron chi connectivity index (χ0n) is 9.09. The van der Waals surface area contributed by atoms with Gasteiger partial charge in [0.25, 0.3) is 0 Å². The first-order chi connectivity index (χ1) is 8.59. The molecule has 0 nitrogen and oxygen atoms in total. The summed E-state index contributed by atoms with van der Waals surface area (Å²) in [6, 6.07) is 9.82. The number of thioether (sulfide) groups is 1. The fraction of sp³-hybridized carbons (Fsp3) is 0.0769. The topological polar surface area (TPSA) is 0 Å². The molecule has 0 N–H and O–H groups in total. The van der Waals surface area contributed by atoms with Crippen LogP contribution in [0.2, 0.25) is 5.02 Å². The molecule has 94 valence electrons. The molecule has 0 aliphatic carbocycles. The molecule has 2 aromatic rings. The highest BCUT2D eigenvalue weighted by Crippen LogP contribution is 2.32. The van der Waals surface area contributed by atoms with Crippen molar-refractivity contribution in [3.05, 3.63) is 63.1 Å². The lowest BCUT2D eigenvalue weighted by atomic mass is 10.2. The Kier molecular flexibility index (Phi) is 4.65. The maximum Gasteiger partial charge on any atom is 0.144 e. The predicted molar refractivity (Wildman–Crippen MR) is 75.1 cm³/mol. The summed E-state index contributed by atoms with van der Waals surface area (Å²) in [6.07, 6.45) is 0. The van der Waals surface area contributed by atoms with Crippen molar-refractivity contribution < 1.29 is 8.78 Å². The van der Waals surface area contributed by atoms with Crippen molar-refractivity contribution in [2.75, 3.05) is 0 Å². The van der Waals surface area contributed by atoms with Crippen molar-refractivity contribution in [3.63, 3.8) is 0 Å². The molecule has 0 radical (unpaired) electrons. The lowest BCUT2D eigenvalue weighted by Crippen LogP contribution is -1.94. The molecular formula is C13H8BrClF2S. The van der Waals surface area contributed by atoms with Crippen molar-refractivity contribution >= 4 is 39.3 Å². The highest BCUT2D eigenvalue weighted by Gasteiger charge is 2.13. The predicted octanol–water partition coefficient (Wildman–Crippen LogP) is 5.67. The summed E-state index contributed by atoms with van der Waals surface area (Å²) in [5.41, 5.74) is 0.0503. The second-order valence-corrected chi connectivity index (χ2v) is 5.82. The van der Waals surface area contributed by atoms with Crippen LogP contribution >= 0.6 is 39.3 Å². The first kappa shape index (κ1) is 13.8. The van der Waals surface area contributed by atoms with E-state index in [4.69, 9.17) is 11.6 Å². The number of halogens is 4. The van der Waals surface area contributed by atoms with Crippen LogP contribution in [0, 0.1) is 11.6 Å². The second kappa shape index (κ2) is 6.04. The van der Waals surface area contributed by atoms with Crippen molar-refractivity contribution in [2.24, 2.45) is 0 Å². The van der Waals surface area contributed by atoms with E-state index in [-0.39, 0.29) is 15.8 Å². The zero-order chi connectivity index (χ0) is 13.1. The van der Waals surface area contributed by atoms with Crippen LogP contribution in [0.15, 0.2) is 45.8 Å². The van der Waals surface area contributed by atoms with Crippen LogP contribution in [0.25, 0.3) is 0 Å². The van der Waals surface area contributed by atoms with Crippen molar-refractivity contribution in [1.82, 2.24) is 0 Å². The van der Waals surface area contributed by atoms with Crippen LogP contribution in [-0.2, 0) is 5.75 Å². The molecule has 0 aliphatic rings. The van der Waals surface area contributed by atoms with Gasteiger partial charge in [-0.05, 0) is 40.2 Å². The number of hydrogen-bond acceptors (Lipinski definition) is 1.